The van der Waals surface area contributed by atoms with Gasteiger partial charge < -0.3 is 9.22 Å². The van der Waals surface area contributed by atoms with Crippen LogP contribution in [0.15, 0.2) is 30.3 Å². The van der Waals surface area contributed by atoms with Gasteiger partial charge in [-0.2, -0.15) is 0 Å². The Balaban J connectivity index is 1.97. The minimum atomic E-state index is 0.884. The highest BCUT2D eigenvalue weighted by Crippen LogP contribution is 2.12. The normalized spacial score (nSPS) is 13.7. The van der Waals surface area contributed by atoms with Crippen LogP contribution in [0.2, 0.25) is 0 Å². The summed E-state index contributed by atoms with van der Waals surface area (Å²) in [6.07, 6.45) is 13.9. The van der Waals surface area contributed by atoms with Crippen LogP contribution >= 0.6 is 0 Å². The van der Waals surface area contributed by atoms with Crippen LogP contribution in [-0.4, -0.2) is 37.8 Å². The molecule has 0 aliphatic heterocycles. The highest BCUT2D eigenvalue weighted by molar-refractivity contribution is 5.13. The van der Waals surface area contributed by atoms with Gasteiger partial charge in [0.15, 0.2) is 0 Å². The van der Waals surface area contributed by atoms with Crippen LogP contribution in [-0.2, 0) is 11.3 Å². The van der Waals surface area contributed by atoms with E-state index < -0.39 is 0 Å². The Bertz CT molecular complexity index is 419. The van der Waals surface area contributed by atoms with Crippen LogP contribution in [0.5, 0.6) is 0 Å². The molecule has 0 aromatic heterocycles. The monoisotopic (exact) mass is 362 g/mol. The number of rotatable bonds is 17. The van der Waals surface area contributed by atoms with E-state index >= 15 is 0 Å². The van der Waals surface area contributed by atoms with Crippen LogP contribution < -0.4 is 0 Å². The predicted octanol–water partition coefficient (Wildman–Crippen LogP) is 6.59. The second-order valence-electron chi connectivity index (χ2n) is 8.10. The van der Waals surface area contributed by atoms with E-state index in [0.29, 0.717) is 0 Å². The summed E-state index contributed by atoms with van der Waals surface area (Å²) in [6.45, 7) is 9.73. The summed E-state index contributed by atoms with van der Waals surface area (Å²) in [5.74, 6) is 0. The molecule has 1 rings (SSSR count). The van der Waals surface area contributed by atoms with Crippen LogP contribution in [0, 0.1) is 0 Å². The molecule has 150 valence electrons. The van der Waals surface area contributed by atoms with Gasteiger partial charge in [-0.05, 0) is 13.3 Å². The minimum absolute atomic E-state index is 0.884. The maximum Gasteiger partial charge on any atom is 0.104 e. The van der Waals surface area contributed by atoms with Gasteiger partial charge in [-0.15, -0.1) is 0 Å². The molecule has 2 nitrogen and oxygen atoms in total. The van der Waals surface area contributed by atoms with Crippen molar-refractivity contribution in [1.29, 1.82) is 0 Å². The molecular weight excluding hydrogens is 318 g/mol. The smallest absolute Gasteiger partial charge is 0.104 e. The van der Waals surface area contributed by atoms with Crippen molar-refractivity contribution in [2.24, 2.45) is 0 Å². The molecule has 0 fully saturated rings. The molecule has 26 heavy (non-hydrogen) atoms. The summed E-state index contributed by atoms with van der Waals surface area (Å²) in [4.78, 5) is 0. The first kappa shape index (κ1) is 23.2. The fourth-order valence-corrected chi connectivity index (χ4v) is 3.45. The lowest BCUT2D eigenvalue weighted by molar-refractivity contribution is -0.921. The van der Waals surface area contributed by atoms with Gasteiger partial charge in [-0.3, -0.25) is 0 Å². The molecule has 2 heteroatoms. The largest absolute Gasteiger partial charge is 0.376 e. The number of nitrogens with zero attached hydrogens (tertiary/aromatic N) is 1. The molecule has 0 aliphatic rings. The van der Waals surface area contributed by atoms with Gasteiger partial charge in [0.2, 0.25) is 0 Å². The van der Waals surface area contributed by atoms with Crippen molar-refractivity contribution in [1.82, 2.24) is 0 Å². The number of unbranched alkanes of at least 4 members (excludes halogenated alkanes) is 9. The van der Waals surface area contributed by atoms with Crippen molar-refractivity contribution in [2.75, 3.05) is 33.4 Å². The Morgan fingerprint density at radius 1 is 0.731 bits per heavy atom. The Hall–Kier alpha value is -0.860. The van der Waals surface area contributed by atoms with E-state index in [9.17, 15) is 0 Å². The number of benzene rings is 1. The second kappa shape index (κ2) is 15.2. The van der Waals surface area contributed by atoms with Gasteiger partial charge >= 0.3 is 0 Å². The van der Waals surface area contributed by atoms with Gasteiger partial charge in [0, 0.05) is 12.2 Å². The number of likely N-dealkylation sites (N-methyl/N-ethyl adjacent to an activating group) is 1. The van der Waals surface area contributed by atoms with Gasteiger partial charge in [0.25, 0.3) is 0 Å². The number of hydrogen-bond donors (Lipinski definition) is 0. The summed E-state index contributed by atoms with van der Waals surface area (Å²) in [5, 5.41) is 0. The average Bonchev–Trinajstić information content (AvgIpc) is 2.66. The number of quaternary nitrogens is 1. The van der Waals surface area contributed by atoms with E-state index in [1.165, 1.54) is 69.8 Å². The molecule has 1 aromatic rings. The molecule has 0 heterocycles. The van der Waals surface area contributed by atoms with Crippen molar-refractivity contribution in [3.05, 3.63) is 35.9 Å². The summed E-state index contributed by atoms with van der Waals surface area (Å²) >= 11 is 0. The van der Waals surface area contributed by atoms with Crippen molar-refractivity contribution in [2.45, 2.75) is 84.6 Å². The maximum atomic E-state index is 5.93. The molecular formula is C24H44NO+. The van der Waals surface area contributed by atoms with Crippen molar-refractivity contribution >= 4 is 0 Å². The molecule has 1 aromatic carbocycles. The van der Waals surface area contributed by atoms with Crippen molar-refractivity contribution in [3.8, 4) is 0 Å². The van der Waals surface area contributed by atoms with E-state index in [1.54, 1.807) is 0 Å². The van der Waals surface area contributed by atoms with Gasteiger partial charge in [0.1, 0.15) is 13.1 Å². The quantitative estimate of drug-likeness (QED) is 0.224. The molecule has 0 amide bonds. The Labute approximate surface area is 163 Å². The maximum absolute atomic E-state index is 5.93. The summed E-state index contributed by atoms with van der Waals surface area (Å²) in [5.41, 5.74) is 1.42. The Kier molecular flexibility index (Phi) is 13.6. The fourth-order valence-electron chi connectivity index (χ4n) is 3.45. The summed E-state index contributed by atoms with van der Waals surface area (Å²) in [6, 6.07) is 10.8. The summed E-state index contributed by atoms with van der Waals surface area (Å²) in [7, 11) is 2.34. The third-order valence-electron chi connectivity index (χ3n) is 5.59. The van der Waals surface area contributed by atoms with E-state index in [2.05, 4.69) is 51.2 Å². The first-order valence-electron chi connectivity index (χ1n) is 11.2. The average molecular weight is 363 g/mol. The van der Waals surface area contributed by atoms with E-state index in [1.807, 2.05) is 0 Å². The Morgan fingerprint density at radius 3 is 1.88 bits per heavy atom. The first-order valence-corrected chi connectivity index (χ1v) is 11.2. The first-order chi connectivity index (χ1) is 12.7. The topological polar surface area (TPSA) is 9.23 Å². The second-order valence-corrected chi connectivity index (χ2v) is 8.10. The lowest BCUT2D eigenvalue weighted by Gasteiger charge is -2.33. The molecule has 0 saturated heterocycles. The highest BCUT2D eigenvalue weighted by Gasteiger charge is 2.19. The standard InChI is InChI=1S/C24H44NO/c1-4-6-7-8-9-10-11-12-13-17-21-26-22-20-25(3,5-2)23-24-18-15-14-16-19-24/h14-16,18-19H,4-13,17,20-23H2,1-3H3/q+1. The number of ether oxygens (including phenoxy) is 1. The van der Waals surface area contributed by atoms with Crippen LogP contribution in [0.4, 0.5) is 0 Å². The molecule has 0 spiro atoms. The summed E-state index contributed by atoms with van der Waals surface area (Å²) < 4.78 is 6.98. The van der Waals surface area contributed by atoms with Gasteiger partial charge in [-0.25, -0.2) is 0 Å². The van der Waals surface area contributed by atoms with Gasteiger partial charge in [-0.1, -0.05) is 95.0 Å². The molecule has 0 bridgehead atoms. The fraction of sp³-hybridized carbons (Fsp3) is 0.750. The van der Waals surface area contributed by atoms with Crippen LogP contribution in [0.3, 0.4) is 0 Å². The molecule has 1 atom stereocenters. The third kappa shape index (κ3) is 11.7. The SMILES string of the molecule is CCCCCCCCCCCCOCC[N+](C)(CC)Cc1ccccc1. The van der Waals surface area contributed by atoms with Crippen LogP contribution in [0.1, 0.15) is 83.6 Å². The molecule has 0 aliphatic carbocycles. The predicted molar refractivity (Wildman–Crippen MR) is 114 cm³/mol. The Morgan fingerprint density at radius 2 is 1.31 bits per heavy atom. The lowest BCUT2D eigenvalue weighted by atomic mass is 10.1. The molecule has 1 unspecified atom stereocenters. The highest BCUT2D eigenvalue weighted by atomic mass is 16.5. The molecule has 0 N–H and O–H groups in total. The third-order valence-corrected chi connectivity index (χ3v) is 5.59. The lowest BCUT2D eigenvalue weighted by Crippen LogP contribution is -2.45. The zero-order valence-electron chi connectivity index (χ0n) is 17.8. The van der Waals surface area contributed by atoms with Crippen molar-refractivity contribution in [3.63, 3.8) is 0 Å². The van der Waals surface area contributed by atoms with Crippen LogP contribution in [0.25, 0.3) is 0 Å². The van der Waals surface area contributed by atoms with E-state index in [0.717, 1.165) is 37.3 Å². The molecule has 0 saturated carbocycles. The van der Waals surface area contributed by atoms with E-state index in [-0.39, 0.29) is 0 Å². The zero-order chi connectivity index (χ0) is 18.9. The van der Waals surface area contributed by atoms with Crippen molar-refractivity contribution < 1.29 is 9.22 Å². The minimum Gasteiger partial charge on any atom is -0.376 e. The van der Waals surface area contributed by atoms with Gasteiger partial charge in [0.05, 0.1) is 20.2 Å². The van der Waals surface area contributed by atoms with E-state index in [4.69, 9.17) is 4.74 Å². The number of hydrogen-bond acceptors (Lipinski definition) is 1. The molecule has 0 radical (unpaired) electrons. The zero-order valence-corrected chi connectivity index (χ0v) is 17.8.